The molecule has 28 heavy (non-hydrogen) atoms. The summed E-state index contributed by atoms with van der Waals surface area (Å²) in [5, 5.41) is 11.7. The van der Waals surface area contributed by atoms with Crippen molar-refractivity contribution in [3.8, 4) is 0 Å². The molecule has 1 amide bonds. The fourth-order valence-corrected chi connectivity index (χ4v) is 2.72. The number of esters is 1. The largest absolute Gasteiger partial charge is 0.462 e. The average Bonchev–Trinajstić information content (AvgIpc) is 2.66. The third-order valence-corrected chi connectivity index (χ3v) is 4.38. The molecule has 0 fully saturated rings. The predicted molar refractivity (Wildman–Crippen MR) is 112 cm³/mol. The monoisotopic (exact) mass is 392 g/mol. The van der Waals surface area contributed by atoms with Crippen molar-refractivity contribution >= 4 is 17.6 Å². The lowest BCUT2D eigenvalue weighted by molar-refractivity contribution is -0.116. The summed E-state index contributed by atoms with van der Waals surface area (Å²) in [6.07, 6.45) is 5.80. The molecule has 1 rings (SSSR count). The molecule has 0 atom stereocenters. The molecule has 0 spiro atoms. The topological polar surface area (TPSA) is 78.9 Å². The van der Waals surface area contributed by atoms with Crippen LogP contribution in [0.1, 0.15) is 62.7 Å². The molecule has 0 saturated heterocycles. The molecular weight excluding hydrogens is 356 g/mol. The Bertz CT molecular complexity index is 572. The number of aliphatic hydroxyl groups is 1. The zero-order valence-corrected chi connectivity index (χ0v) is 17.6. The smallest absolute Gasteiger partial charge is 0.338 e. The Labute approximate surface area is 169 Å². The zero-order chi connectivity index (χ0) is 20.8. The Hall–Kier alpha value is -1.92. The number of nitrogens with one attached hydrogen (secondary N) is 1. The van der Waals surface area contributed by atoms with E-state index in [1.54, 1.807) is 24.3 Å². The first kappa shape index (κ1) is 24.1. The number of carbonyl (C=O) groups is 2. The van der Waals surface area contributed by atoms with Gasteiger partial charge in [-0.05, 0) is 56.6 Å². The highest BCUT2D eigenvalue weighted by Gasteiger charge is 2.09. The van der Waals surface area contributed by atoms with Crippen molar-refractivity contribution in [2.45, 2.75) is 52.4 Å². The van der Waals surface area contributed by atoms with Crippen molar-refractivity contribution in [1.29, 1.82) is 0 Å². The van der Waals surface area contributed by atoms with Gasteiger partial charge in [-0.1, -0.05) is 33.1 Å². The van der Waals surface area contributed by atoms with Crippen LogP contribution in [0.5, 0.6) is 0 Å². The minimum Gasteiger partial charge on any atom is -0.462 e. The maximum Gasteiger partial charge on any atom is 0.338 e. The number of hydrogen-bond donors (Lipinski definition) is 2. The van der Waals surface area contributed by atoms with E-state index in [0.29, 0.717) is 30.2 Å². The molecule has 0 aromatic heterocycles. The van der Waals surface area contributed by atoms with Crippen molar-refractivity contribution in [3.63, 3.8) is 0 Å². The number of anilines is 1. The van der Waals surface area contributed by atoms with Gasteiger partial charge in [0.25, 0.3) is 0 Å². The molecule has 0 saturated carbocycles. The third kappa shape index (κ3) is 11.0. The highest BCUT2D eigenvalue weighted by Crippen LogP contribution is 2.13. The number of likely N-dealkylation sites (N-methyl/N-ethyl adjacent to an activating group) is 1. The summed E-state index contributed by atoms with van der Waals surface area (Å²) in [6, 6.07) is 6.80. The highest BCUT2D eigenvalue weighted by atomic mass is 16.5. The molecule has 1 aromatic rings. The van der Waals surface area contributed by atoms with Crippen LogP contribution in [0.4, 0.5) is 5.69 Å². The summed E-state index contributed by atoms with van der Waals surface area (Å²) >= 11 is 0. The van der Waals surface area contributed by atoms with Crippen LogP contribution in [0, 0.1) is 5.92 Å². The van der Waals surface area contributed by atoms with E-state index >= 15 is 0 Å². The zero-order valence-electron chi connectivity index (χ0n) is 17.6. The maximum atomic E-state index is 12.0. The van der Waals surface area contributed by atoms with E-state index in [0.717, 1.165) is 45.2 Å². The molecule has 1 aromatic carbocycles. The standard InChI is InChI=1S/C22H36N2O4/c1-18(2)17-28-22(27)19-10-12-20(13-11-19)23-21(26)9-7-5-4-6-8-14-24(3)15-16-25/h10-13,18,25H,4-9,14-17H2,1-3H3,(H,23,26). The molecule has 0 aliphatic heterocycles. The van der Waals surface area contributed by atoms with Crippen molar-refractivity contribution in [1.82, 2.24) is 4.90 Å². The second kappa shape index (κ2) is 14.1. The van der Waals surface area contributed by atoms with Crippen LogP contribution in [0.2, 0.25) is 0 Å². The van der Waals surface area contributed by atoms with E-state index < -0.39 is 0 Å². The van der Waals surface area contributed by atoms with Gasteiger partial charge >= 0.3 is 5.97 Å². The van der Waals surface area contributed by atoms with E-state index in [4.69, 9.17) is 9.84 Å². The second-order valence-corrected chi connectivity index (χ2v) is 7.66. The minimum absolute atomic E-state index is 0.00202. The highest BCUT2D eigenvalue weighted by molar-refractivity contribution is 5.93. The second-order valence-electron chi connectivity index (χ2n) is 7.66. The quantitative estimate of drug-likeness (QED) is 0.373. The third-order valence-electron chi connectivity index (χ3n) is 4.38. The summed E-state index contributed by atoms with van der Waals surface area (Å²) in [5.74, 6) is -0.0398. The molecule has 6 heteroatoms. The molecule has 0 aliphatic rings. The van der Waals surface area contributed by atoms with Gasteiger partial charge in [0, 0.05) is 18.7 Å². The van der Waals surface area contributed by atoms with Crippen LogP contribution in [0.15, 0.2) is 24.3 Å². The van der Waals surface area contributed by atoms with Gasteiger partial charge < -0.3 is 20.1 Å². The van der Waals surface area contributed by atoms with Gasteiger partial charge in [-0.2, -0.15) is 0 Å². The predicted octanol–water partition coefficient (Wildman–Crippen LogP) is 3.70. The minimum atomic E-state index is -0.339. The number of aliphatic hydroxyl groups excluding tert-OH is 1. The molecule has 0 heterocycles. The molecular formula is C22H36N2O4. The summed E-state index contributed by atoms with van der Waals surface area (Å²) < 4.78 is 5.19. The van der Waals surface area contributed by atoms with E-state index in [9.17, 15) is 9.59 Å². The molecule has 6 nitrogen and oxygen atoms in total. The normalized spacial score (nSPS) is 11.1. The van der Waals surface area contributed by atoms with Crippen molar-refractivity contribution in [3.05, 3.63) is 29.8 Å². The number of benzene rings is 1. The summed E-state index contributed by atoms with van der Waals surface area (Å²) in [5.41, 5.74) is 1.18. The molecule has 0 aliphatic carbocycles. The van der Waals surface area contributed by atoms with Gasteiger partial charge in [0.1, 0.15) is 0 Å². The molecule has 2 N–H and O–H groups in total. The Morgan fingerprint density at radius 3 is 2.32 bits per heavy atom. The SMILES string of the molecule is CC(C)COC(=O)c1ccc(NC(=O)CCCCCCCN(C)CCO)cc1. The van der Waals surface area contributed by atoms with Crippen LogP contribution in [0.25, 0.3) is 0 Å². The van der Waals surface area contributed by atoms with Gasteiger partial charge in [0.2, 0.25) is 5.91 Å². The Morgan fingerprint density at radius 2 is 1.68 bits per heavy atom. The van der Waals surface area contributed by atoms with Crippen LogP contribution in [-0.2, 0) is 9.53 Å². The average molecular weight is 393 g/mol. The number of hydrogen-bond acceptors (Lipinski definition) is 5. The summed E-state index contributed by atoms with van der Waals surface area (Å²) in [7, 11) is 2.02. The van der Waals surface area contributed by atoms with Crippen molar-refractivity contribution < 1.29 is 19.4 Å². The van der Waals surface area contributed by atoms with Crippen LogP contribution in [0.3, 0.4) is 0 Å². The van der Waals surface area contributed by atoms with Gasteiger partial charge in [-0.3, -0.25) is 4.79 Å². The molecule has 0 bridgehead atoms. The van der Waals surface area contributed by atoms with E-state index in [2.05, 4.69) is 10.2 Å². The molecule has 0 radical (unpaired) electrons. The fraction of sp³-hybridized carbons (Fsp3) is 0.636. The van der Waals surface area contributed by atoms with Gasteiger partial charge in [0.05, 0.1) is 18.8 Å². The van der Waals surface area contributed by atoms with Crippen molar-refractivity contribution in [2.75, 3.05) is 38.7 Å². The van der Waals surface area contributed by atoms with E-state index in [1.165, 1.54) is 0 Å². The number of unbranched alkanes of at least 4 members (excludes halogenated alkanes) is 4. The molecule has 0 unspecified atom stereocenters. The summed E-state index contributed by atoms with van der Waals surface area (Å²) in [6.45, 7) is 6.31. The Kier molecular flexibility index (Phi) is 12.2. The lowest BCUT2D eigenvalue weighted by Gasteiger charge is -2.14. The van der Waals surface area contributed by atoms with Crippen LogP contribution in [-0.4, -0.2) is 55.2 Å². The fourth-order valence-electron chi connectivity index (χ4n) is 2.72. The van der Waals surface area contributed by atoms with E-state index in [1.807, 2.05) is 20.9 Å². The van der Waals surface area contributed by atoms with Crippen molar-refractivity contribution in [2.24, 2.45) is 5.92 Å². The van der Waals surface area contributed by atoms with Gasteiger partial charge in [-0.25, -0.2) is 4.79 Å². The maximum absolute atomic E-state index is 12.0. The van der Waals surface area contributed by atoms with E-state index in [-0.39, 0.29) is 18.5 Å². The number of ether oxygens (including phenoxy) is 1. The first-order valence-corrected chi connectivity index (χ1v) is 10.3. The lowest BCUT2D eigenvalue weighted by atomic mass is 10.1. The number of rotatable bonds is 14. The summed E-state index contributed by atoms with van der Waals surface area (Å²) in [4.78, 5) is 26.0. The number of nitrogens with zero attached hydrogens (tertiary/aromatic N) is 1. The number of amides is 1. The van der Waals surface area contributed by atoms with Gasteiger partial charge in [-0.15, -0.1) is 0 Å². The molecule has 158 valence electrons. The van der Waals surface area contributed by atoms with Crippen LogP contribution >= 0.6 is 0 Å². The first-order valence-electron chi connectivity index (χ1n) is 10.3. The Morgan fingerprint density at radius 1 is 1.04 bits per heavy atom. The van der Waals surface area contributed by atoms with Crippen LogP contribution < -0.4 is 5.32 Å². The Balaban J connectivity index is 2.17. The van der Waals surface area contributed by atoms with Gasteiger partial charge in [0.15, 0.2) is 0 Å². The lowest BCUT2D eigenvalue weighted by Crippen LogP contribution is -2.23. The first-order chi connectivity index (χ1) is 13.4. The number of carbonyl (C=O) groups excluding carboxylic acids is 2.